The van der Waals surface area contributed by atoms with E-state index in [0.29, 0.717) is 17.9 Å². The van der Waals surface area contributed by atoms with Crippen LogP contribution in [0.4, 0.5) is 5.69 Å². The van der Waals surface area contributed by atoms with Gasteiger partial charge in [-0.2, -0.15) is 0 Å². The van der Waals surface area contributed by atoms with E-state index in [1.165, 1.54) is 0 Å². The third-order valence-corrected chi connectivity index (χ3v) is 3.47. The van der Waals surface area contributed by atoms with Crippen molar-refractivity contribution in [2.45, 2.75) is 6.42 Å². The van der Waals surface area contributed by atoms with Crippen molar-refractivity contribution in [3.05, 3.63) is 24.3 Å². The van der Waals surface area contributed by atoms with Gasteiger partial charge in [0, 0.05) is 13.0 Å². The van der Waals surface area contributed by atoms with Crippen LogP contribution in [0.3, 0.4) is 0 Å². The number of nitrogens with one attached hydrogen (secondary N) is 1. The van der Waals surface area contributed by atoms with Crippen molar-refractivity contribution in [2.75, 3.05) is 24.6 Å². The quantitative estimate of drug-likeness (QED) is 0.431. The number of hydrogen-bond donors (Lipinski definition) is 2. The van der Waals surface area contributed by atoms with Gasteiger partial charge < -0.3 is 10.5 Å². The molecule has 1 aromatic carbocycles. The number of anilines is 1. The predicted molar refractivity (Wildman–Crippen MR) is 71.6 cm³/mol. The molecular formula is C12H16N2O3S. The molecule has 0 saturated heterocycles. The van der Waals surface area contributed by atoms with E-state index >= 15 is 0 Å². The third-order valence-electron chi connectivity index (χ3n) is 2.12. The number of nitrogens with two attached hydrogens (primary N) is 1. The molecule has 0 spiro atoms. The lowest BCUT2D eigenvalue weighted by atomic mass is 10.3. The summed E-state index contributed by atoms with van der Waals surface area (Å²) in [7, 11) is -3.35. The maximum atomic E-state index is 11.5. The van der Waals surface area contributed by atoms with E-state index in [2.05, 4.69) is 10.6 Å². The fraction of sp³-hybridized carbons (Fsp3) is 0.333. The van der Waals surface area contributed by atoms with Gasteiger partial charge in [0.25, 0.3) is 0 Å². The highest BCUT2D eigenvalue weighted by atomic mass is 32.2. The summed E-state index contributed by atoms with van der Waals surface area (Å²) >= 11 is 0. The van der Waals surface area contributed by atoms with Gasteiger partial charge in [-0.25, -0.2) is 13.1 Å². The minimum Gasteiger partial charge on any atom is -0.490 e. The summed E-state index contributed by atoms with van der Waals surface area (Å²) in [6.45, 7) is 0.284. The average Bonchev–Trinajstić information content (AvgIpc) is 2.32. The van der Waals surface area contributed by atoms with E-state index in [-0.39, 0.29) is 18.9 Å². The molecule has 0 saturated carbocycles. The van der Waals surface area contributed by atoms with Gasteiger partial charge >= 0.3 is 0 Å². The molecule has 6 heteroatoms. The Bertz CT molecular complexity index is 520. The SMILES string of the molecule is C#CCCNS(=O)(=O)CCOc1ccccc1N. The Kier molecular flexibility index (Phi) is 5.49. The van der Waals surface area contributed by atoms with E-state index in [0.717, 1.165) is 0 Å². The number of terminal acetylenes is 1. The van der Waals surface area contributed by atoms with Crippen LogP contribution in [0, 0.1) is 12.3 Å². The smallest absolute Gasteiger partial charge is 0.214 e. The van der Waals surface area contributed by atoms with E-state index in [9.17, 15) is 8.42 Å². The second-order valence-corrected chi connectivity index (χ2v) is 5.48. The lowest BCUT2D eigenvalue weighted by Crippen LogP contribution is -2.29. The zero-order valence-corrected chi connectivity index (χ0v) is 10.7. The molecule has 1 rings (SSSR count). The average molecular weight is 268 g/mol. The topological polar surface area (TPSA) is 81.4 Å². The van der Waals surface area contributed by atoms with Gasteiger partial charge in [0.2, 0.25) is 10.0 Å². The lowest BCUT2D eigenvalue weighted by Gasteiger charge is -2.09. The predicted octanol–water partition coefficient (Wildman–Crippen LogP) is 0.590. The molecule has 0 unspecified atom stereocenters. The van der Waals surface area contributed by atoms with Gasteiger partial charge in [0.1, 0.15) is 12.4 Å². The number of rotatable bonds is 7. The van der Waals surface area contributed by atoms with Crippen molar-refractivity contribution < 1.29 is 13.2 Å². The molecule has 0 heterocycles. The second-order valence-electron chi connectivity index (χ2n) is 3.55. The van der Waals surface area contributed by atoms with Gasteiger partial charge in [0.15, 0.2) is 0 Å². The fourth-order valence-electron chi connectivity index (χ4n) is 1.22. The Morgan fingerprint density at radius 3 is 2.78 bits per heavy atom. The standard InChI is InChI=1S/C12H16N2O3S/c1-2-3-8-14-18(15,16)10-9-17-12-7-5-4-6-11(12)13/h1,4-7,14H,3,8-10,13H2. The Morgan fingerprint density at radius 1 is 1.39 bits per heavy atom. The molecule has 0 aliphatic carbocycles. The lowest BCUT2D eigenvalue weighted by molar-refractivity contribution is 0.342. The fourth-order valence-corrected chi connectivity index (χ4v) is 2.08. The number of nitrogen functional groups attached to an aromatic ring is 1. The van der Waals surface area contributed by atoms with E-state index in [1.54, 1.807) is 24.3 Å². The molecule has 0 aromatic heterocycles. The monoisotopic (exact) mass is 268 g/mol. The summed E-state index contributed by atoms with van der Waals surface area (Å²) in [6, 6.07) is 6.92. The Balaban J connectivity index is 2.38. The normalized spacial score (nSPS) is 10.8. The van der Waals surface area contributed by atoms with Crippen LogP contribution < -0.4 is 15.2 Å². The van der Waals surface area contributed by atoms with Crippen LogP contribution in [-0.2, 0) is 10.0 Å². The second kappa shape index (κ2) is 6.89. The van der Waals surface area contributed by atoms with Crippen molar-refractivity contribution in [1.29, 1.82) is 0 Å². The molecule has 98 valence electrons. The Labute approximate surface area is 107 Å². The number of sulfonamides is 1. The third kappa shape index (κ3) is 5.08. The van der Waals surface area contributed by atoms with Crippen molar-refractivity contribution in [3.8, 4) is 18.1 Å². The first-order valence-corrected chi connectivity index (χ1v) is 7.08. The molecule has 0 amide bonds. The first-order valence-electron chi connectivity index (χ1n) is 5.43. The summed E-state index contributed by atoms with van der Waals surface area (Å²) in [4.78, 5) is 0. The van der Waals surface area contributed by atoms with Gasteiger partial charge in [0.05, 0.1) is 11.4 Å². The van der Waals surface area contributed by atoms with Crippen LogP contribution in [0.1, 0.15) is 6.42 Å². The van der Waals surface area contributed by atoms with E-state index in [1.807, 2.05) is 0 Å². The molecule has 1 aromatic rings. The van der Waals surface area contributed by atoms with E-state index < -0.39 is 10.0 Å². The molecular weight excluding hydrogens is 252 g/mol. The molecule has 0 atom stereocenters. The highest BCUT2D eigenvalue weighted by Crippen LogP contribution is 2.19. The molecule has 3 N–H and O–H groups in total. The molecule has 5 nitrogen and oxygen atoms in total. The largest absolute Gasteiger partial charge is 0.490 e. The molecule has 0 aliphatic heterocycles. The molecule has 0 fully saturated rings. The summed E-state index contributed by atoms with van der Waals surface area (Å²) in [5, 5.41) is 0. The number of hydrogen-bond acceptors (Lipinski definition) is 4. The highest BCUT2D eigenvalue weighted by molar-refractivity contribution is 7.89. The van der Waals surface area contributed by atoms with Crippen molar-refractivity contribution >= 4 is 15.7 Å². The van der Waals surface area contributed by atoms with Gasteiger partial charge in [-0.1, -0.05) is 12.1 Å². The Hall–Kier alpha value is -1.71. The Morgan fingerprint density at radius 2 is 2.11 bits per heavy atom. The first-order chi connectivity index (χ1) is 8.55. The maximum Gasteiger partial charge on any atom is 0.214 e. The summed E-state index contributed by atoms with van der Waals surface area (Å²) in [5.41, 5.74) is 6.14. The van der Waals surface area contributed by atoms with Crippen LogP contribution in [0.25, 0.3) is 0 Å². The van der Waals surface area contributed by atoms with Gasteiger partial charge in [-0.3, -0.25) is 0 Å². The minimum atomic E-state index is -3.35. The molecule has 0 bridgehead atoms. The van der Waals surface area contributed by atoms with E-state index in [4.69, 9.17) is 16.9 Å². The molecule has 18 heavy (non-hydrogen) atoms. The van der Waals surface area contributed by atoms with Crippen LogP contribution in [0.5, 0.6) is 5.75 Å². The van der Waals surface area contributed by atoms with Crippen LogP contribution in [-0.4, -0.2) is 27.3 Å². The summed E-state index contributed by atoms with van der Waals surface area (Å²) < 4.78 is 30.7. The maximum absolute atomic E-state index is 11.5. The van der Waals surface area contributed by atoms with Crippen LogP contribution in [0.15, 0.2) is 24.3 Å². The summed E-state index contributed by atoms with van der Waals surface area (Å²) in [6.07, 6.45) is 5.39. The van der Waals surface area contributed by atoms with Crippen molar-refractivity contribution in [3.63, 3.8) is 0 Å². The van der Waals surface area contributed by atoms with Gasteiger partial charge in [-0.05, 0) is 12.1 Å². The number of benzene rings is 1. The first kappa shape index (κ1) is 14.4. The van der Waals surface area contributed by atoms with Crippen LogP contribution in [0.2, 0.25) is 0 Å². The highest BCUT2D eigenvalue weighted by Gasteiger charge is 2.09. The molecule has 0 radical (unpaired) electrons. The van der Waals surface area contributed by atoms with Crippen molar-refractivity contribution in [1.82, 2.24) is 4.72 Å². The number of ether oxygens (including phenoxy) is 1. The zero-order chi connectivity index (χ0) is 13.4. The number of para-hydroxylation sites is 2. The van der Waals surface area contributed by atoms with Crippen LogP contribution >= 0.6 is 0 Å². The minimum absolute atomic E-state index is 0.0413. The van der Waals surface area contributed by atoms with Gasteiger partial charge in [-0.15, -0.1) is 12.3 Å². The zero-order valence-electron chi connectivity index (χ0n) is 9.93. The molecule has 0 aliphatic rings. The summed E-state index contributed by atoms with van der Waals surface area (Å²) in [5.74, 6) is 2.70. The van der Waals surface area contributed by atoms with Crippen molar-refractivity contribution in [2.24, 2.45) is 0 Å².